The summed E-state index contributed by atoms with van der Waals surface area (Å²) in [5.74, 6) is 6.71. The Morgan fingerprint density at radius 1 is 0.969 bits per heavy atom. The number of benzene rings is 1. The lowest BCUT2D eigenvalue weighted by atomic mass is 10.0. The molecule has 1 aliphatic rings. The first kappa shape index (κ1) is 21.8. The van der Waals surface area contributed by atoms with Crippen LogP contribution in [0.1, 0.15) is 35.1 Å². The summed E-state index contributed by atoms with van der Waals surface area (Å²) >= 11 is 0. The van der Waals surface area contributed by atoms with Gasteiger partial charge in [-0.3, -0.25) is 0 Å². The van der Waals surface area contributed by atoms with Gasteiger partial charge in [0.15, 0.2) is 0 Å². The van der Waals surface area contributed by atoms with Gasteiger partial charge in [-0.25, -0.2) is 15.0 Å². The standard InChI is InChI=1S/C24H22F3N5/c25-24(26,27)21-9-10-23(31-15-21)32-11-1-2-22(16-32)30-14-19-6-3-18(4-7-19)5-8-20-12-28-17-29-13-20/h3-4,6-7,9-10,12-13,15,17,22,30H,1-2,11,14,16H2/t22-/m1/s1. The van der Waals surface area contributed by atoms with Crippen LogP contribution in [-0.2, 0) is 12.7 Å². The van der Waals surface area contributed by atoms with Gasteiger partial charge in [0.05, 0.1) is 11.1 Å². The summed E-state index contributed by atoms with van der Waals surface area (Å²) in [5, 5.41) is 3.55. The largest absolute Gasteiger partial charge is 0.417 e. The van der Waals surface area contributed by atoms with Crippen molar-refractivity contribution < 1.29 is 13.2 Å². The van der Waals surface area contributed by atoms with Crippen molar-refractivity contribution in [1.82, 2.24) is 20.3 Å². The summed E-state index contributed by atoms with van der Waals surface area (Å²) in [5.41, 5.74) is 2.10. The Morgan fingerprint density at radius 3 is 2.41 bits per heavy atom. The van der Waals surface area contributed by atoms with Crippen LogP contribution in [0.25, 0.3) is 0 Å². The Kier molecular flexibility index (Phi) is 6.66. The molecule has 0 bridgehead atoms. The summed E-state index contributed by atoms with van der Waals surface area (Å²) in [6.07, 6.45) is 3.32. The van der Waals surface area contributed by atoms with E-state index in [9.17, 15) is 13.2 Å². The van der Waals surface area contributed by atoms with Crippen LogP contribution in [0.2, 0.25) is 0 Å². The molecule has 0 saturated carbocycles. The molecule has 0 radical (unpaired) electrons. The molecular formula is C24H22F3N5. The fourth-order valence-electron chi connectivity index (χ4n) is 3.57. The molecule has 0 unspecified atom stereocenters. The lowest BCUT2D eigenvalue weighted by molar-refractivity contribution is -0.137. The van der Waals surface area contributed by atoms with Crippen molar-refractivity contribution in [3.05, 3.63) is 83.6 Å². The third kappa shape index (κ3) is 5.83. The van der Waals surface area contributed by atoms with Crippen LogP contribution in [-0.4, -0.2) is 34.1 Å². The predicted octanol–water partition coefficient (Wildman–Crippen LogP) is 4.05. The minimum Gasteiger partial charge on any atom is -0.355 e. The highest BCUT2D eigenvalue weighted by Gasteiger charge is 2.31. The second kappa shape index (κ2) is 9.79. The Morgan fingerprint density at radius 2 is 1.72 bits per heavy atom. The minimum absolute atomic E-state index is 0.241. The molecule has 1 aromatic carbocycles. The Balaban J connectivity index is 1.30. The molecule has 3 aromatic rings. The Labute approximate surface area is 184 Å². The number of rotatable bonds is 4. The van der Waals surface area contributed by atoms with E-state index in [-0.39, 0.29) is 6.04 Å². The van der Waals surface area contributed by atoms with Gasteiger partial charge in [0.1, 0.15) is 12.1 Å². The molecule has 1 atom stereocenters. The molecule has 1 saturated heterocycles. The van der Waals surface area contributed by atoms with E-state index < -0.39 is 11.7 Å². The third-order valence-corrected chi connectivity index (χ3v) is 5.28. The monoisotopic (exact) mass is 437 g/mol. The van der Waals surface area contributed by atoms with Crippen LogP contribution in [0.15, 0.2) is 61.3 Å². The first-order chi connectivity index (χ1) is 15.5. The number of nitrogens with zero attached hydrogens (tertiary/aromatic N) is 4. The predicted molar refractivity (Wildman–Crippen MR) is 116 cm³/mol. The average Bonchev–Trinajstić information content (AvgIpc) is 2.82. The van der Waals surface area contributed by atoms with Crippen molar-refractivity contribution in [2.24, 2.45) is 0 Å². The number of hydrogen-bond donors (Lipinski definition) is 1. The van der Waals surface area contributed by atoms with E-state index >= 15 is 0 Å². The lowest BCUT2D eigenvalue weighted by Gasteiger charge is -2.34. The topological polar surface area (TPSA) is 53.9 Å². The molecule has 0 aliphatic carbocycles. The van der Waals surface area contributed by atoms with Gasteiger partial charge in [-0.15, -0.1) is 0 Å². The van der Waals surface area contributed by atoms with Gasteiger partial charge in [0.2, 0.25) is 0 Å². The molecule has 2 aromatic heterocycles. The number of piperidine rings is 1. The highest BCUT2D eigenvalue weighted by atomic mass is 19.4. The number of aromatic nitrogens is 3. The first-order valence-electron chi connectivity index (χ1n) is 10.3. The number of anilines is 1. The van der Waals surface area contributed by atoms with Gasteiger partial charge in [-0.05, 0) is 42.7 Å². The van der Waals surface area contributed by atoms with Crippen LogP contribution in [0.5, 0.6) is 0 Å². The molecule has 32 heavy (non-hydrogen) atoms. The highest BCUT2D eigenvalue weighted by molar-refractivity contribution is 5.42. The number of nitrogens with one attached hydrogen (secondary N) is 1. The third-order valence-electron chi connectivity index (χ3n) is 5.28. The van der Waals surface area contributed by atoms with E-state index in [4.69, 9.17) is 0 Å². The van der Waals surface area contributed by atoms with Gasteiger partial charge < -0.3 is 10.2 Å². The zero-order valence-electron chi connectivity index (χ0n) is 17.3. The van der Waals surface area contributed by atoms with E-state index in [0.29, 0.717) is 18.9 Å². The first-order valence-corrected chi connectivity index (χ1v) is 10.3. The number of halogens is 3. The molecule has 164 valence electrons. The zero-order valence-corrected chi connectivity index (χ0v) is 17.3. The van der Waals surface area contributed by atoms with Gasteiger partial charge in [-0.1, -0.05) is 24.0 Å². The van der Waals surface area contributed by atoms with Gasteiger partial charge >= 0.3 is 6.18 Å². The number of alkyl halides is 3. The molecule has 0 amide bonds. The summed E-state index contributed by atoms with van der Waals surface area (Å²) in [6.45, 7) is 2.20. The maximum atomic E-state index is 12.8. The van der Waals surface area contributed by atoms with Gasteiger partial charge in [-0.2, -0.15) is 13.2 Å². The molecule has 1 fully saturated rings. The van der Waals surface area contributed by atoms with Crippen molar-refractivity contribution in [3.63, 3.8) is 0 Å². The normalized spacial score (nSPS) is 16.3. The molecule has 8 heteroatoms. The van der Waals surface area contributed by atoms with Crippen molar-refractivity contribution in [3.8, 4) is 11.8 Å². The van der Waals surface area contributed by atoms with Crippen LogP contribution < -0.4 is 10.2 Å². The summed E-state index contributed by atoms with van der Waals surface area (Å²) in [7, 11) is 0. The van der Waals surface area contributed by atoms with Crippen LogP contribution in [0.3, 0.4) is 0 Å². The molecule has 1 N–H and O–H groups in total. The quantitative estimate of drug-likeness (QED) is 0.625. The van der Waals surface area contributed by atoms with Crippen molar-refractivity contribution in [1.29, 1.82) is 0 Å². The highest BCUT2D eigenvalue weighted by Crippen LogP contribution is 2.29. The zero-order chi connectivity index (χ0) is 22.4. The van der Waals surface area contributed by atoms with E-state index in [0.717, 1.165) is 48.3 Å². The summed E-state index contributed by atoms with van der Waals surface area (Å²) in [4.78, 5) is 14.0. The molecule has 5 nitrogen and oxygen atoms in total. The van der Waals surface area contributed by atoms with E-state index in [2.05, 4.69) is 32.1 Å². The molecule has 0 spiro atoms. The smallest absolute Gasteiger partial charge is 0.355 e. The molecular weight excluding hydrogens is 415 g/mol. The van der Waals surface area contributed by atoms with Crippen molar-refractivity contribution in [2.45, 2.75) is 31.6 Å². The SMILES string of the molecule is FC(F)(F)c1ccc(N2CCC[C@@H](NCc3ccc(C#Cc4cncnc4)cc3)C2)nc1. The fraction of sp³-hybridized carbons (Fsp3) is 0.292. The summed E-state index contributed by atoms with van der Waals surface area (Å²) in [6, 6.07) is 10.8. The second-order valence-corrected chi connectivity index (χ2v) is 7.64. The molecule has 1 aliphatic heterocycles. The minimum atomic E-state index is -4.37. The van der Waals surface area contributed by atoms with E-state index in [1.807, 2.05) is 29.2 Å². The van der Waals surface area contributed by atoms with Crippen molar-refractivity contribution in [2.75, 3.05) is 18.0 Å². The van der Waals surface area contributed by atoms with Crippen LogP contribution >= 0.6 is 0 Å². The fourth-order valence-corrected chi connectivity index (χ4v) is 3.57. The Bertz CT molecular complexity index is 1070. The number of pyridine rings is 1. The van der Waals surface area contributed by atoms with E-state index in [1.165, 1.54) is 12.4 Å². The average molecular weight is 437 g/mol. The lowest BCUT2D eigenvalue weighted by Crippen LogP contribution is -2.45. The maximum Gasteiger partial charge on any atom is 0.417 e. The van der Waals surface area contributed by atoms with Crippen molar-refractivity contribution >= 4 is 5.82 Å². The molecule has 4 rings (SSSR count). The Hall–Kier alpha value is -3.44. The van der Waals surface area contributed by atoms with Crippen LogP contribution in [0.4, 0.5) is 19.0 Å². The number of hydrogen-bond acceptors (Lipinski definition) is 5. The maximum absolute atomic E-state index is 12.8. The second-order valence-electron chi connectivity index (χ2n) is 7.64. The summed E-state index contributed by atoms with van der Waals surface area (Å²) < 4.78 is 38.3. The van der Waals surface area contributed by atoms with Crippen LogP contribution in [0, 0.1) is 11.8 Å². The molecule has 3 heterocycles. The van der Waals surface area contributed by atoms with Gasteiger partial charge in [0, 0.05) is 49.8 Å². The van der Waals surface area contributed by atoms with Gasteiger partial charge in [0.25, 0.3) is 0 Å². The van der Waals surface area contributed by atoms with E-state index in [1.54, 1.807) is 12.4 Å².